The maximum atomic E-state index is 5.04. The molecule has 160 valence electrons. The summed E-state index contributed by atoms with van der Waals surface area (Å²) in [5.74, 6) is 4.37. The standard InChI is InChI=1S/C20H32N8.HI/c1-4-22-20(23-11-17-5-6-19-25-24-16(3)28(19)12-17)26-9-7-15(2)18(13-26)27-10-8-21-14-27;/h8,10,14-15,17-18H,4-7,9,11-13H2,1-3H3,(H,22,23);1H. The van der Waals surface area contributed by atoms with Crippen molar-refractivity contribution in [2.45, 2.75) is 52.6 Å². The van der Waals surface area contributed by atoms with Crippen LogP contribution < -0.4 is 5.32 Å². The molecule has 2 aromatic heterocycles. The van der Waals surface area contributed by atoms with Crippen molar-refractivity contribution in [1.29, 1.82) is 0 Å². The van der Waals surface area contributed by atoms with Gasteiger partial charge in [-0.05, 0) is 38.5 Å². The molecule has 0 aromatic carbocycles. The number of guanidine groups is 1. The summed E-state index contributed by atoms with van der Waals surface area (Å²) in [4.78, 5) is 11.7. The first kappa shape index (κ1) is 22.0. The molecule has 8 nitrogen and oxygen atoms in total. The van der Waals surface area contributed by atoms with Gasteiger partial charge in [-0.3, -0.25) is 4.99 Å². The third-order valence-corrected chi connectivity index (χ3v) is 6.19. The van der Waals surface area contributed by atoms with E-state index in [9.17, 15) is 0 Å². The lowest BCUT2D eigenvalue weighted by molar-refractivity contribution is 0.188. The molecule has 0 amide bonds. The van der Waals surface area contributed by atoms with Crippen LogP contribution in [0.3, 0.4) is 0 Å². The number of imidazole rings is 1. The van der Waals surface area contributed by atoms with E-state index in [1.807, 2.05) is 19.4 Å². The molecule has 4 heterocycles. The number of rotatable bonds is 4. The highest BCUT2D eigenvalue weighted by Gasteiger charge is 2.29. The number of fused-ring (bicyclic) bond motifs is 1. The molecule has 0 radical (unpaired) electrons. The topological polar surface area (TPSA) is 76.2 Å². The Bertz CT molecular complexity index is 800. The molecule has 9 heteroatoms. The molecule has 0 saturated carbocycles. The van der Waals surface area contributed by atoms with E-state index in [0.29, 0.717) is 17.9 Å². The van der Waals surface area contributed by atoms with Crippen molar-refractivity contribution in [1.82, 2.24) is 34.5 Å². The Morgan fingerprint density at radius 2 is 2.14 bits per heavy atom. The minimum Gasteiger partial charge on any atom is -0.357 e. The molecule has 29 heavy (non-hydrogen) atoms. The third kappa shape index (κ3) is 4.92. The van der Waals surface area contributed by atoms with Crippen LogP contribution in [0, 0.1) is 18.8 Å². The number of likely N-dealkylation sites (tertiary alicyclic amines) is 1. The van der Waals surface area contributed by atoms with Gasteiger partial charge in [0.05, 0.1) is 12.4 Å². The van der Waals surface area contributed by atoms with Gasteiger partial charge in [0.2, 0.25) is 0 Å². The van der Waals surface area contributed by atoms with E-state index in [1.54, 1.807) is 0 Å². The maximum Gasteiger partial charge on any atom is 0.193 e. The van der Waals surface area contributed by atoms with Crippen LogP contribution in [-0.2, 0) is 13.0 Å². The van der Waals surface area contributed by atoms with Crippen LogP contribution in [0.15, 0.2) is 23.7 Å². The smallest absolute Gasteiger partial charge is 0.193 e. The second kappa shape index (κ2) is 9.90. The number of nitrogens with zero attached hydrogens (tertiary/aromatic N) is 7. The van der Waals surface area contributed by atoms with Crippen LogP contribution in [0.25, 0.3) is 0 Å². The lowest BCUT2D eigenvalue weighted by Gasteiger charge is -2.39. The van der Waals surface area contributed by atoms with Crippen LogP contribution in [0.1, 0.15) is 44.4 Å². The summed E-state index contributed by atoms with van der Waals surface area (Å²) in [6, 6.07) is 0.442. The van der Waals surface area contributed by atoms with Gasteiger partial charge in [0, 0.05) is 51.5 Å². The molecule has 1 N–H and O–H groups in total. The van der Waals surface area contributed by atoms with Crippen molar-refractivity contribution in [3.63, 3.8) is 0 Å². The number of aromatic nitrogens is 5. The van der Waals surface area contributed by atoms with E-state index in [0.717, 1.165) is 63.2 Å². The van der Waals surface area contributed by atoms with Gasteiger partial charge in [0.25, 0.3) is 0 Å². The molecule has 1 saturated heterocycles. The zero-order valence-electron chi connectivity index (χ0n) is 17.7. The highest BCUT2D eigenvalue weighted by atomic mass is 127. The van der Waals surface area contributed by atoms with E-state index in [1.165, 1.54) is 6.42 Å². The van der Waals surface area contributed by atoms with Crippen molar-refractivity contribution >= 4 is 29.9 Å². The molecule has 2 aliphatic rings. The molecule has 3 atom stereocenters. The first-order chi connectivity index (χ1) is 13.7. The van der Waals surface area contributed by atoms with E-state index in [-0.39, 0.29) is 24.0 Å². The number of halogens is 1. The van der Waals surface area contributed by atoms with Gasteiger partial charge in [0.1, 0.15) is 11.6 Å². The molecule has 1 fully saturated rings. The van der Waals surface area contributed by atoms with Crippen molar-refractivity contribution in [2.24, 2.45) is 16.8 Å². The Hall–Kier alpha value is -1.65. The summed E-state index contributed by atoms with van der Waals surface area (Å²) in [6.07, 6.45) is 9.19. The zero-order valence-corrected chi connectivity index (χ0v) is 20.0. The van der Waals surface area contributed by atoms with Crippen molar-refractivity contribution in [3.05, 3.63) is 30.4 Å². The van der Waals surface area contributed by atoms with Crippen molar-refractivity contribution < 1.29 is 0 Å². The van der Waals surface area contributed by atoms with E-state index in [4.69, 9.17) is 4.99 Å². The molecular weight excluding hydrogens is 479 g/mol. The quantitative estimate of drug-likeness (QED) is 0.387. The van der Waals surface area contributed by atoms with Crippen LogP contribution in [-0.4, -0.2) is 61.4 Å². The Balaban J connectivity index is 0.00000240. The number of aliphatic imine (C=N–C) groups is 1. The number of nitrogens with one attached hydrogen (secondary N) is 1. The SMILES string of the molecule is CCNC(=NCC1CCc2nnc(C)n2C1)N1CCC(C)C(n2ccnc2)C1.I. The van der Waals surface area contributed by atoms with Gasteiger partial charge in [0.15, 0.2) is 5.96 Å². The fourth-order valence-electron chi connectivity index (χ4n) is 4.42. The summed E-state index contributed by atoms with van der Waals surface area (Å²) >= 11 is 0. The molecule has 0 aliphatic carbocycles. The van der Waals surface area contributed by atoms with Crippen molar-refractivity contribution in [2.75, 3.05) is 26.2 Å². The monoisotopic (exact) mass is 512 g/mol. The molecule has 3 unspecified atom stereocenters. The highest BCUT2D eigenvalue weighted by Crippen LogP contribution is 2.27. The number of hydrogen-bond donors (Lipinski definition) is 1. The van der Waals surface area contributed by atoms with Gasteiger partial charge < -0.3 is 19.4 Å². The van der Waals surface area contributed by atoms with E-state index in [2.05, 4.69) is 54.6 Å². The minimum absolute atomic E-state index is 0. The predicted octanol–water partition coefficient (Wildman–Crippen LogP) is 2.51. The normalized spacial score (nSPS) is 24.7. The van der Waals surface area contributed by atoms with E-state index < -0.39 is 0 Å². The molecule has 0 bridgehead atoms. The van der Waals surface area contributed by atoms with Gasteiger partial charge in [-0.2, -0.15) is 0 Å². The van der Waals surface area contributed by atoms with Gasteiger partial charge in [-0.15, -0.1) is 34.2 Å². The Morgan fingerprint density at radius 1 is 1.28 bits per heavy atom. The van der Waals surface area contributed by atoms with Gasteiger partial charge in [-0.1, -0.05) is 6.92 Å². The maximum absolute atomic E-state index is 5.04. The zero-order chi connectivity index (χ0) is 19.5. The predicted molar refractivity (Wildman–Crippen MR) is 125 cm³/mol. The first-order valence-corrected chi connectivity index (χ1v) is 10.5. The van der Waals surface area contributed by atoms with Crippen LogP contribution >= 0.6 is 24.0 Å². The Kier molecular flexibility index (Phi) is 7.53. The number of piperidine rings is 1. The molecule has 4 rings (SSSR count). The third-order valence-electron chi connectivity index (χ3n) is 6.19. The lowest BCUT2D eigenvalue weighted by atomic mass is 9.93. The van der Waals surface area contributed by atoms with Crippen LogP contribution in [0.5, 0.6) is 0 Å². The summed E-state index contributed by atoms with van der Waals surface area (Å²) in [7, 11) is 0. The highest BCUT2D eigenvalue weighted by molar-refractivity contribution is 14.0. The van der Waals surface area contributed by atoms with Crippen LogP contribution in [0.4, 0.5) is 0 Å². The first-order valence-electron chi connectivity index (χ1n) is 10.5. The Morgan fingerprint density at radius 3 is 2.90 bits per heavy atom. The summed E-state index contributed by atoms with van der Waals surface area (Å²) < 4.78 is 4.51. The van der Waals surface area contributed by atoms with Gasteiger partial charge >= 0.3 is 0 Å². The fourth-order valence-corrected chi connectivity index (χ4v) is 4.42. The minimum atomic E-state index is 0. The second-order valence-electron chi connectivity index (χ2n) is 8.16. The molecule has 2 aromatic rings. The Labute approximate surface area is 190 Å². The molecular formula is C20H33IN8. The second-order valence-corrected chi connectivity index (χ2v) is 8.16. The largest absolute Gasteiger partial charge is 0.357 e. The average Bonchev–Trinajstić information content (AvgIpc) is 3.36. The summed E-state index contributed by atoms with van der Waals surface area (Å²) in [5.41, 5.74) is 0. The van der Waals surface area contributed by atoms with Gasteiger partial charge in [-0.25, -0.2) is 4.98 Å². The van der Waals surface area contributed by atoms with Crippen molar-refractivity contribution in [3.8, 4) is 0 Å². The fraction of sp³-hybridized carbons (Fsp3) is 0.700. The summed E-state index contributed by atoms with van der Waals surface area (Å²) in [5, 5.41) is 12.0. The number of aryl methyl sites for hydroxylation is 2. The van der Waals surface area contributed by atoms with E-state index >= 15 is 0 Å². The molecule has 2 aliphatic heterocycles. The molecule has 0 spiro atoms. The van der Waals surface area contributed by atoms with Crippen LogP contribution in [0.2, 0.25) is 0 Å². The lowest BCUT2D eigenvalue weighted by Crippen LogP contribution is -2.49. The average molecular weight is 512 g/mol. The summed E-state index contributed by atoms with van der Waals surface area (Å²) in [6.45, 7) is 11.3. The number of hydrogen-bond acceptors (Lipinski definition) is 4.